The molecule has 4 saturated heterocycles. The summed E-state index contributed by atoms with van der Waals surface area (Å²) in [6, 6.07) is 22.9. The van der Waals surface area contributed by atoms with E-state index in [0.717, 1.165) is 109 Å². The lowest BCUT2D eigenvalue weighted by Gasteiger charge is -2.43. The number of aromatic nitrogens is 4. The minimum absolute atomic E-state index is 0.102. The summed E-state index contributed by atoms with van der Waals surface area (Å²) in [5.41, 5.74) is 10.5. The van der Waals surface area contributed by atoms with Crippen LogP contribution in [0.15, 0.2) is 79.1 Å². The molecule has 2 aromatic heterocycles. The van der Waals surface area contributed by atoms with E-state index in [4.69, 9.17) is 20.6 Å². The third kappa shape index (κ3) is 7.57. The fourth-order valence-corrected chi connectivity index (χ4v) is 10.4. The summed E-state index contributed by atoms with van der Waals surface area (Å²) >= 11 is 0. The second-order valence-electron chi connectivity index (χ2n) is 17.6. The topological polar surface area (TPSA) is 172 Å². The quantitative estimate of drug-likeness (QED) is 0.151. The van der Waals surface area contributed by atoms with E-state index in [1.165, 1.54) is 19.2 Å². The van der Waals surface area contributed by atoms with Gasteiger partial charge in [0.1, 0.15) is 35.4 Å². The van der Waals surface area contributed by atoms with E-state index in [1.54, 1.807) is 12.1 Å². The van der Waals surface area contributed by atoms with E-state index in [1.807, 2.05) is 60.7 Å². The van der Waals surface area contributed by atoms with Crippen LogP contribution in [0.5, 0.6) is 11.5 Å². The molecular formula is C47H52N10O5. The lowest BCUT2D eigenvalue weighted by molar-refractivity contribution is -0.136. The normalized spacial score (nSPS) is 22.0. The molecule has 15 heteroatoms. The van der Waals surface area contributed by atoms with Gasteiger partial charge in [-0.15, -0.1) is 0 Å². The van der Waals surface area contributed by atoms with Crippen LogP contribution in [0, 0.1) is 11.8 Å². The van der Waals surface area contributed by atoms with Crippen molar-refractivity contribution < 1.29 is 23.9 Å². The highest BCUT2D eigenvalue weighted by Crippen LogP contribution is 2.38. The number of carbonyl (C=O) groups excluding carboxylic acids is 4. The van der Waals surface area contributed by atoms with Gasteiger partial charge in [-0.25, -0.2) is 14.6 Å². The lowest BCUT2D eigenvalue weighted by Crippen LogP contribution is -2.54. The second-order valence-corrected chi connectivity index (χ2v) is 17.6. The van der Waals surface area contributed by atoms with Gasteiger partial charge in [-0.1, -0.05) is 25.1 Å². The van der Waals surface area contributed by atoms with Crippen LogP contribution in [0.1, 0.15) is 78.6 Å². The van der Waals surface area contributed by atoms with Gasteiger partial charge in [-0.2, -0.15) is 5.10 Å². The summed E-state index contributed by atoms with van der Waals surface area (Å²) in [5, 5.41) is 8.20. The van der Waals surface area contributed by atoms with Crippen LogP contribution in [0.2, 0.25) is 0 Å². The van der Waals surface area contributed by atoms with Gasteiger partial charge in [-0.05, 0) is 106 Å². The van der Waals surface area contributed by atoms with Crippen LogP contribution in [-0.4, -0.2) is 116 Å². The number of rotatable bonds is 12. The number of likely N-dealkylation sites (tertiary alicyclic amines) is 2. The predicted molar refractivity (Wildman–Crippen MR) is 234 cm³/mol. The summed E-state index contributed by atoms with van der Waals surface area (Å²) in [5.74, 6) is 1.25. The summed E-state index contributed by atoms with van der Waals surface area (Å²) in [6.07, 6.45) is 7.31. The molecule has 3 N–H and O–H groups in total. The number of imide groups is 2. The molecule has 0 spiro atoms. The van der Waals surface area contributed by atoms with Gasteiger partial charge in [0, 0.05) is 68.9 Å². The van der Waals surface area contributed by atoms with E-state index in [9.17, 15) is 19.2 Å². The van der Waals surface area contributed by atoms with Gasteiger partial charge in [0.25, 0.3) is 11.8 Å². The van der Waals surface area contributed by atoms with Gasteiger partial charge in [-0.3, -0.25) is 29.4 Å². The first-order chi connectivity index (χ1) is 30.2. The van der Waals surface area contributed by atoms with Crippen molar-refractivity contribution in [2.45, 2.75) is 70.0 Å². The molecule has 5 aliphatic rings. The first kappa shape index (κ1) is 39.9. The number of nitrogens with zero attached hydrogens (tertiary/aromatic N) is 8. The molecule has 4 amide bonds. The maximum absolute atomic E-state index is 13.4. The van der Waals surface area contributed by atoms with Crippen molar-refractivity contribution in [1.29, 1.82) is 0 Å². The summed E-state index contributed by atoms with van der Waals surface area (Å²) in [6.45, 7) is 9.44. The highest BCUT2D eigenvalue weighted by atomic mass is 16.5. The number of fused-ring (bicyclic) bond motifs is 2. The fraction of sp³-hybridized carbons (Fsp3) is 0.426. The SMILES string of the molecule is CCC(C[C@H]1CCN(CC2CN(c3ccc4c(c3)C(=O)N(C3CCC(=O)NC3=O)C4=O)C2)C1)N1CCC(n2nc(-c3ccc(Oc4ccccc4)cc3)c3c(N)ncnc32)CC1. The van der Waals surface area contributed by atoms with E-state index in [0.29, 0.717) is 34.8 Å². The van der Waals surface area contributed by atoms with Crippen molar-refractivity contribution in [2.75, 3.05) is 56.4 Å². The number of nitrogen functional groups attached to an aromatic ring is 1. The van der Waals surface area contributed by atoms with E-state index in [-0.39, 0.29) is 24.8 Å². The third-order valence-corrected chi connectivity index (χ3v) is 13.7. The number of anilines is 2. The second kappa shape index (κ2) is 16.6. The average Bonchev–Trinajstić information content (AvgIpc) is 3.96. The number of ether oxygens (including phenoxy) is 1. The Kier molecular flexibility index (Phi) is 10.7. The van der Waals surface area contributed by atoms with Gasteiger partial charge in [0.15, 0.2) is 5.65 Å². The minimum Gasteiger partial charge on any atom is -0.457 e. The molecule has 5 aromatic rings. The third-order valence-electron chi connectivity index (χ3n) is 13.7. The van der Waals surface area contributed by atoms with Crippen molar-refractivity contribution in [3.05, 3.63) is 90.3 Å². The Morgan fingerprint density at radius 3 is 2.34 bits per heavy atom. The monoisotopic (exact) mass is 836 g/mol. The minimum atomic E-state index is -0.960. The number of benzene rings is 3. The first-order valence-corrected chi connectivity index (χ1v) is 22.1. The van der Waals surface area contributed by atoms with E-state index >= 15 is 0 Å². The Morgan fingerprint density at radius 2 is 1.58 bits per heavy atom. The van der Waals surface area contributed by atoms with Crippen molar-refractivity contribution in [2.24, 2.45) is 11.8 Å². The Balaban J connectivity index is 0.711. The van der Waals surface area contributed by atoms with Crippen molar-refractivity contribution in [3.8, 4) is 22.8 Å². The number of amides is 4. The molecule has 2 unspecified atom stereocenters. The molecule has 3 atom stereocenters. The summed E-state index contributed by atoms with van der Waals surface area (Å²) < 4.78 is 8.12. The number of carbonyl (C=O) groups is 4. The van der Waals surface area contributed by atoms with Crippen LogP contribution >= 0.6 is 0 Å². The van der Waals surface area contributed by atoms with Gasteiger partial charge in [0.05, 0.1) is 22.6 Å². The van der Waals surface area contributed by atoms with Crippen LogP contribution in [0.4, 0.5) is 11.5 Å². The zero-order valence-corrected chi connectivity index (χ0v) is 35.0. The van der Waals surface area contributed by atoms with Gasteiger partial charge >= 0.3 is 0 Å². The summed E-state index contributed by atoms with van der Waals surface area (Å²) in [7, 11) is 0. The Labute approximate surface area is 360 Å². The van der Waals surface area contributed by atoms with E-state index < -0.39 is 23.8 Å². The van der Waals surface area contributed by atoms with Crippen LogP contribution in [-0.2, 0) is 9.59 Å². The first-order valence-electron chi connectivity index (χ1n) is 22.1. The molecule has 320 valence electrons. The Morgan fingerprint density at radius 1 is 0.823 bits per heavy atom. The zero-order valence-electron chi connectivity index (χ0n) is 35.0. The highest BCUT2D eigenvalue weighted by molar-refractivity contribution is 6.23. The number of piperidine rings is 2. The maximum Gasteiger partial charge on any atom is 0.262 e. The lowest BCUT2D eigenvalue weighted by atomic mass is 9.94. The molecule has 3 aromatic carbocycles. The fourth-order valence-electron chi connectivity index (χ4n) is 10.4. The Bertz CT molecular complexity index is 2510. The van der Waals surface area contributed by atoms with Crippen LogP contribution < -0.4 is 20.7 Å². The molecular weight excluding hydrogens is 785 g/mol. The molecule has 0 aliphatic carbocycles. The average molecular weight is 837 g/mol. The zero-order chi connectivity index (χ0) is 42.5. The molecule has 0 saturated carbocycles. The molecule has 62 heavy (non-hydrogen) atoms. The van der Waals surface area contributed by atoms with Crippen molar-refractivity contribution >= 4 is 46.2 Å². The maximum atomic E-state index is 13.4. The molecule has 0 radical (unpaired) electrons. The van der Waals surface area contributed by atoms with Crippen molar-refractivity contribution in [3.63, 3.8) is 0 Å². The predicted octanol–water partition coefficient (Wildman–Crippen LogP) is 5.53. The standard InChI is InChI=1S/C47H52N10O5/c1-2-32(54-20-17-33(18-21-54)57-44-41(43(48)49-28-50-44)42(52-57)31-8-11-36(12-9-31)62-35-6-4-3-5-7-35)22-29-16-19-53(24-29)25-30-26-55(27-30)34-10-13-37-38(23-34)47(61)56(46(37)60)39-14-15-40(58)51-45(39)59/h3-13,23,28-30,32-33,39H,2,14-22,24-27H2,1H3,(H2,48,49,50)(H,51,58,59)/t29-,32?,39?/m1/s1. The molecule has 5 aliphatic heterocycles. The molecule has 10 rings (SSSR count). The number of nitrogens with two attached hydrogens (primary N) is 1. The van der Waals surface area contributed by atoms with Crippen LogP contribution in [0.25, 0.3) is 22.3 Å². The largest absolute Gasteiger partial charge is 0.457 e. The molecule has 7 heterocycles. The summed E-state index contributed by atoms with van der Waals surface area (Å²) in [4.78, 5) is 68.3. The number of para-hydroxylation sites is 1. The van der Waals surface area contributed by atoms with Crippen LogP contribution in [0.3, 0.4) is 0 Å². The highest BCUT2D eigenvalue weighted by Gasteiger charge is 2.45. The van der Waals surface area contributed by atoms with Gasteiger partial charge < -0.3 is 25.2 Å². The number of nitrogens with one attached hydrogen (secondary N) is 1. The van der Waals surface area contributed by atoms with E-state index in [2.05, 4.69) is 36.6 Å². The molecule has 0 bridgehead atoms. The molecule has 4 fully saturated rings. The van der Waals surface area contributed by atoms with Crippen molar-refractivity contribution in [1.82, 2.24) is 39.8 Å². The smallest absolute Gasteiger partial charge is 0.262 e. The van der Waals surface area contributed by atoms with Gasteiger partial charge in [0.2, 0.25) is 11.8 Å². The number of hydrogen-bond acceptors (Lipinski definition) is 12. The number of hydrogen-bond donors (Lipinski definition) is 2. The Hall–Kier alpha value is -6.19. The molecule has 15 nitrogen and oxygen atoms in total.